The monoisotopic (exact) mass is 312 g/mol. The van der Waals surface area contributed by atoms with Crippen LogP contribution in [0.5, 0.6) is 0 Å². The number of halogens is 3. The lowest BCUT2D eigenvalue weighted by Crippen LogP contribution is -2.64. The molecule has 1 rings (SSSR count). The first-order chi connectivity index (χ1) is 9.17. The van der Waals surface area contributed by atoms with Crippen molar-refractivity contribution in [2.45, 2.75) is 44.8 Å². The van der Waals surface area contributed by atoms with Crippen molar-refractivity contribution in [3.05, 3.63) is 0 Å². The van der Waals surface area contributed by atoms with Crippen molar-refractivity contribution < 1.29 is 22.8 Å². The number of carbonyl (C=O) groups is 2. The van der Waals surface area contributed by atoms with E-state index in [0.717, 1.165) is 0 Å². The topological polar surface area (TPSA) is 49.4 Å². The molecule has 0 saturated carbocycles. The van der Waals surface area contributed by atoms with Crippen LogP contribution < -0.4 is 5.32 Å². The molecule has 1 saturated heterocycles. The summed E-state index contributed by atoms with van der Waals surface area (Å²) in [5, 5.41) is 2.64. The average Bonchev–Trinajstić information content (AvgIpc) is 2.35. The van der Waals surface area contributed by atoms with E-state index in [0.29, 0.717) is 6.42 Å². The number of rotatable bonds is 5. The lowest BCUT2D eigenvalue weighted by Gasteiger charge is -2.39. The lowest BCUT2D eigenvalue weighted by molar-refractivity contribution is -0.149. The van der Waals surface area contributed by atoms with E-state index in [1.165, 1.54) is 11.8 Å². The molecule has 1 aliphatic rings. The van der Waals surface area contributed by atoms with Gasteiger partial charge in [0.25, 0.3) is 0 Å². The van der Waals surface area contributed by atoms with Gasteiger partial charge in [-0.05, 0) is 24.6 Å². The maximum absolute atomic E-state index is 12.3. The van der Waals surface area contributed by atoms with Crippen molar-refractivity contribution in [3.8, 4) is 0 Å². The Hall–Kier alpha value is -0.920. The van der Waals surface area contributed by atoms with E-state index < -0.39 is 17.6 Å². The minimum absolute atomic E-state index is 0.0447. The Balaban J connectivity index is 2.70. The number of hydrogen-bond acceptors (Lipinski definition) is 3. The summed E-state index contributed by atoms with van der Waals surface area (Å²) in [7, 11) is 0. The van der Waals surface area contributed by atoms with Crippen LogP contribution in [0, 0.1) is 5.92 Å². The zero-order valence-electron chi connectivity index (χ0n) is 11.7. The number of hydrogen-bond donors (Lipinski definition) is 1. The van der Waals surface area contributed by atoms with Crippen LogP contribution in [0.25, 0.3) is 0 Å². The normalized spacial score (nSPS) is 25.6. The molecule has 3 atom stereocenters. The Morgan fingerprint density at radius 1 is 1.40 bits per heavy atom. The van der Waals surface area contributed by atoms with Crippen LogP contribution in [0.15, 0.2) is 0 Å². The molecule has 116 valence electrons. The fourth-order valence-corrected chi connectivity index (χ4v) is 2.55. The predicted octanol–water partition coefficient (Wildman–Crippen LogP) is 2.00. The molecule has 1 N–H and O–H groups in total. The molecule has 8 heteroatoms. The molecular weight excluding hydrogens is 293 g/mol. The summed E-state index contributed by atoms with van der Waals surface area (Å²) in [6.45, 7) is 5.18. The van der Waals surface area contributed by atoms with Gasteiger partial charge in [-0.3, -0.25) is 9.59 Å². The molecule has 0 bridgehead atoms. The van der Waals surface area contributed by atoms with E-state index in [-0.39, 0.29) is 41.8 Å². The van der Waals surface area contributed by atoms with Gasteiger partial charge in [-0.1, -0.05) is 20.3 Å². The molecule has 0 spiro atoms. The summed E-state index contributed by atoms with van der Waals surface area (Å²) in [6.07, 6.45) is 0.705. The molecule has 0 aliphatic carbocycles. The number of amides is 2. The Bertz CT molecular complexity index is 376. The van der Waals surface area contributed by atoms with Gasteiger partial charge in [0.15, 0.2) is 0 Å². The molecule has 1 fully saturated rings. The van der Waals surface area contributed by atoms with Gasteiger partial charge < -0.3 is 10.2 Å². The van der Waals surface area contributed by atoms with Crippen molar-refractivity contribution in [1.82, 2.24) is 10.2 Å². The van der Waals surface area contributed by atoms with Gasteiger partial charge in [-0.25, -0.2) is 0 Å². The summed E-state index contributed by atoms with van der Waals surface area (Å²) in [4.78, 5) is 25.3. The first-order valence-electron chi connectivity index (χ1n) is 6.49. The van der Waals surface area contributed by atoms with Crippen molar-refractivity contribution in [2.75, 3.05) is 12.3 Å². The second-order valence-corrected chi connectivity index (χ2v) is 6.03. The summed E-state index contributed by atoms with van der Waals surface area (Å²) in [5.41, 5.74) is -4.32. The first-order valence-corrected chi connectivity index (χ1v) is 7.47. The highest BCUT2D eigenvalue weighted by atomic mass is 32.2. The maximum atomic E-state index is 12.3. The second kappa shape index (κ2) is 6.69. The van der Waals surface area contributed by atoms with E-state index >= 15 is 0 Å². The molecule has 0 aromatic carbocycles. The van der Waals surface area contributed by atoms with Crippen LogP contribution in [0.1, 0.15) is 27.2 Å². The molecular formula is C12H19F3N2O2S. The predicted molar refractivity (Wildman–Crippen MR) is 71.1 cm³/mol. The molecule has 2 amide bonds. The van der Waals surface area contributed by atoms with Crippen molar-refractivity contribution in [1.29, 1.82) is 0 Å². The summed E-state index contributed by atoms with van der Waals surface area (Å²) < 4.78 is 36.4. The highest BCUT2D eigenvalue weighted by Gasteiger charge is 2.40. The van der Waals surface area contributed by atoms with Gasteiger partial charge in [0.05, 0.1) is 0 Å². The van der Waals surface area contributed by atoms with Crippen LogP contribution in [0.2, 0.25) is 0 Å². The van der Waals surface area contributed by atoms with Crippen LogP contribution in [0.4, 0.5) is 13.2 Å². The van der Waals surface area contributed by atoms with E-state index in [1.54, 1.807) is 0 Å². The molecule has 0 aromatic rings. The van der Waals surface area contributed by atoms with Crippen LogP contribution in [-0.2, 0) is 9.59 Å². The van der Waals surface area contributed by atoms with Crippen molar-refractivity contribution in [2.24, 2.45) is 5.92 Å². The Labute approximate surface area is 120 Å². The average molecular weight is 312 g/mol. The smallest absolute Gasteiger partial charge is 0.342 e. The zero-order valence-corrected chi connectivity index (χ0v) is 12.5. The van der Waals surface area contributed by atoms with Gasteiger partial charge in [-0.15, -0.1) is 0 Å². The molecule has 0 radical (unpaired) electrons. The fourth-order valence-electron chi connectivity index (χ4n) is 2.03. The number of alkyl halides is 3. The number of piperazine rings is 1. The van der Waals surface area contributed by atoms with Gasteiger partial charge in [-0.2, -0.15) is 13.2 Å². The van der Waals surface area contributed by atoms with Crippen molar-refractivity contribution >= 4 is 23.6 Å². The maximum Gasteiger partial charge on any atom is 0.441 e. The standard InChI is InChI=1S/C12H19F3N2O2S/c1-4-7(2)9-11(19)17(8(3)10(18)16-9)5-6-20-12(13,14)15/h7-9H,4-6H2,1-3H3,(H,16,18). The Morgan fingerprint density at radius 3 is 2.50 bits per heavy atom. The number of nitrogens with zero attached hydrogens (tertiary/aromatic N) is 1. The van der Waals surface area contributed by atoms with Gasteiger partial charge in [0, 0.05) is 12.3 Å². The highest BCUT2D eigenvalue weighted by molar-refractivity contribution is 8.00. The molecule has 0 aromatic heterocycles. The molecule has 1 aliphatic heterocycles. The van der Waals surface area contributed by atoms with Crippen LogP contribution in [-0.4, -0.2) is 46.6 Å². The number of carbonyl (C=O) groups excluding carboxylic acids is 2. The summed E-state index contributed by atoms with van der Waals surface area (Å²) in [6, 6.07) is -1.36. The van der Waals surface area contributed by atoms with Crippen LogP contribution in [0.3, 0.4) is 0 Å². The first kappa shape index (κ1) is 17.1. The third kappa shape index (κ3) is 4.29. The number of thioether (sulfide) groups is 1. The van der Waals surface area contributed by atoms with Gasteiger partial charge >= 0.3 is 5.51 Å². The minimum atomic E-state index is -4.32. The molecule has 1 heterocycles. The lowest BCUT2D eigenvalue weighted by atomic mass is 9.94. The largest absolute Gasteiger partial charge is 0.441 e. The zero-order chi connectivity index (χ0) is 15.5. The molecule has 4 nitrogen and oxygen atoms in total. The van der Waals surface area contributed by atoms with E-state index in [9.17, 15) is 22.8 Å². The van der Waals surface area contributed by atoms with Crippen LogP contribution >= 0.6 is 11.8 Å². The van der Waals surface area contributed by atoms with E-state index in [4.69, 9.17) is 0 Å². The molecule has 3 unspecified atom stereocenters. The minimum Gasteiger partial charge on any atom is -0.342 e. The van der Waals surface area contributed by atoms with Gasteiger partial charge in [0.1, 0.15) is 12.1 Å². The molecule has 20 heavy (non-hydrogen) atoms. The van der Waals surface area contributed by atoms with Gasteiger partial charge in [0.2, 0.25) is 11.8 Å². The van der Waals surface area contributed by atoms with E-state index in [2.05, 4.69) is 5.32 Å². The highest BCUT2D eigenvalue weighted by Crippen LogP contribution is 2.30. The summed E-state index contributed by atoms with van der Waals surface area (Å²) >= 11 is -0.178. The second-order valence-electron chi connectivity index (χ2n) is 4.87. The summed E-state index contributed by atoms with van der Waals surface area (Å²) in [5.74, 6) is -0.919. The SMILES string of the molecule is CCC(C)C1NC(=O)C(C)N(CCSC(F)(F)F)C1=O. The van der Waals surface area contributed by atoms with E-state index in [1.807, 2.05) is 13.8 Å². The van der Waals surface area contributed by atoms with Crippen molar-refractivity contribution in [3.63, 3.8) is 0 Å². The Kier molecular flexibility index (Phi) is 5.73. The quantitative estimate of drug-likeness (QED) is 0.845. The number of nitrogens with one attached hydrogen (secondary N) is 1. The third-order valence-electron chi connectivity index (χ3n) is 3.50. The third-order valence-corrected chi connectivity index (χ3v) is 4.22. The Morgan fingerprint density at radius 2 is 2.00 bits per heavy atom. The fraction of sp³-hybridized carbons (Fsp3) is 0.833.